The molecule has 0 unspecified atom stereocenters. The summed E-state index contributed by atoms with van der Waals surface area (Å²) in [5.41, 5.74) is 2.59. The van der Waals surface area contributed by atoms with Gasteiger partial charge in [0.2, 0.25) is 0 Å². The van der Waals surface area contributed by atoms with Gasteiger partial charge in [-0.15, -0.1) is 0 Å². The summed E-state index contributed by atoms with van der Waals surface area (Å²) in [4.78, 5) is 0.0711. The van der Waals surface area contributed by atoms with Crippen LogP contribution in [0.15, 0.2) is 41.3 Å². The maximum atomic E-state index is 13.0. The van der Waals surface area contributed by atoms with Crippen LogP contribution < -0.4 is 13.8 Å². The molecule has 5 nitrogen and oxygen atoms in total. The molecule has 0 saturated heterocycles. The van der Waals surface area contributed by atoms with Gasteiger partial charge < -0.3 is 9.47 Å². The first-order valence-electron chi connectivity index (χ1n) is 7.10. The molecule has 0 heterocycles. The molecular weight excluding hydrogens is 314 g/mol. The lowest BCUT2D eigenvalue weighted by Gasteiger charge is -2.23. The predicted molar refractivity (Wildman–Crippen MR) is 91.1 cm³/mol. The second-order valence-corrected chi connectivity index (χ2v) is 7.19. The Labute approximate surface area is 137 Å². The zero-order valence-corrected chi connectivity index (χ0v) is 14.8. The van der Waals surface area contributed by atoms with Crippen LogP contribution in [0.1, 0.15) is 11.1 Å². The highest BCUT2D eigenvalue weighted by atomic mass is 32.2. The molecule has 2 rings (SSSR count). The average Bonchev–Trinajstić information content (AvgIpc) is 2.53. The Balaban J connectivity index is 2.58. The summed E-state index contributed by atoms with van der Waals surface area (Å²) < 4.78 is 37.7. The maximum absolute atomic E-state index is 13.0. The highest BCUT2D eigenvalue weighted by Crippen LogP contribution is 2.36. The Morgan fingerprint density at radius 1 is 1.00 bits per heavy atom. The van der Waals surface area contributed by atoms with Crippen molar-refractivity contribution in [3.8, 4) is 11.5 Å². The Morgan fingerprint density at radius 3 is 2.26 bits per heavy atom. The molecule has 0 aliphatic rings. The Kier molecular flexibility index (Phi) is 4.85. The van der Waals surface area contributed by atoms with Gasteiger partial charge in [-0.25, -0.2) is 8.42 Å². The third-order valence-electron chi connectivity index (χ3n) is 3.70. The molecule has 0 spiro atoms. The SMILES string of the molecule is COc1cccc(S(=O)(=O)N(C)c2ccc(C)cc2C)c1OC. The van der Waals surface area contributed by atoms with Gasteiger partial charge in [-0.2, -0.15) is 0 Å². The molecule has 23 heavy (non-hydrogen) atoms. The van der Waals surface area contributed by atoms with Gasteiger partial charge in [0.15, 0.2) is 11.5 Å². The highest BCUT2D eigenvalue weighted by molar-refractivity contribution is 7.93. The third kappa shape index (κ3) is 3.12. The van der Waals surface area contributed by atoms with Gasteiger partial charge in [-0.05, 0) is 37.6 Å². The fraction of sp³-hybridized carbons (Fsp3) is 0.294. The summed E-state index contributed by atoms with van der Waals surface area (Å²) in [7, 11) is 0.658. The van der Waals surface area contributed by atoms with E-state index in [1.807, 2.05) is 26.0 Å². The van der Waals surface area contributed by atoms with Gasteiger partial charge in [-0.1, -0.05) is 23.8 Å². The van der Waals surface area contributed by atoms with E-state index in [1.54, 1.807) is 18.2 Å². The van der Waals surface area contributed by atoms with Crippen LogP contribution >= 0.6 is 0 Å². The minimum atomic E-state index is -3.77. The van der Waals surface area contributed by atoms with Crippen molar-refractivity contribution in [3.63, 3.8) is 0 Å². The minimum Gasteiger partial charge on any atom is -0.493 e. The number of rotatable bonds is 5. The number of nitrogens with zero attached hydrogens (tertiary/aromatic N) is 1. The maximum Gasteiger partial charge on any atom is 0.267 e. The lowest BCUT2D eigenvalue weighted by molar-refractivity contribution is 0.347. The fourth-order valence-electron chi connectivity index (χ4n) is 2.50. The van der Waals surface area contributed by atoms with Gasteiger partial charge in [0, 0.05) is 7.05 Å². The van der Waals surface area contributed by atoms with Gasteiger partial charge in [0.05, 0.1) is 19.9 Å². The van der Waals surface area contributed by atoms with Gasteiger partial charge in [0.1, 0.15) is 4.90 Å². The van der Waals surface area contributed by atoms with Crippen LogP contribution in [0.4, 0.5) is 5.69 Å². The zero-order chi connectivity index (χ0) is 17.2. The van der Waals surface area contributed by atoms with Crippen molar-refractivity contribution in [2.75, 3.05) is 25.6 Å². The van der Waals surface area contributed by atoms with Crippen molar-refractivity contribution in [1.29, 1.82) is 0 Å². The van der Waals surface area contributed by atoms with Crippen LogP contribution in [0.2, 0.25) is 0 Å². The van der Waals surface area contributed by atoms with Crippen molar-refractivity contribution in [1.82, 2.24) is 0 Å². The molecule has 0 aromatic heterocycles. The molecule has 0 atom stereocenters. The number of para-hydroxylation sites is 1. The Morgan fingerprint density at radius 2 is 1.70 bits per heavy atom. The molecule has 6 heteroatoms. The van der Waals surface area contributed by atoms with E-state index in [2.05, 4.69) is 0 Å². The molecule has 0 saturated carbocycles. The molecule has 0 radical (unpaired) electrons. The van der Waals surface area contributed by atoms with Gasteiger partial charge >= 0.3 is 0 Å². The number of ether oxygens (including phenoxy) is 2. The van der Waals surface area contributed by atoms with E-state index in [0.717, 1.165) is 11.1 Å². The van der Waals surface area contributed by atoms with Crippen LogP contribution in [0.5, 0.6) is 11.5 Å². The largest absolute Gasteiger partial charge is 0.493 e. The molecule has 2 aromatic carbocycles. The summed E-state index contributed by atoms with van der Waals surface area (Å²) in [5, 5.41) is 0. The van der Waals surface area contributed by atoms with Crippen LogP contribution in [0.3, 0.4) is 0 Å². The summed E-state index contributed by atoms with van der Waals surface area (Å²) in [5.74, 6) is 0.578. The topological polar surface area (TPSA) is 55.8 Å². The lowest BCUT2D eigenvalue weighted by atomic mass is 10.1. The van der Waals surface area contributed by atoms with Crippen LogP contribution in [0, 0.1) is 13.8 Å². The third-order valence-corrected chi connectivity index (χ3v) is 5.49. The van der Waals surface area contributed by atoms with Gasteiger partial charge in [-0.3, -0.25) is 4.31 Å². The van der Waals surface area contributed by atoms with E-state index >= 15 is 0 Å². The standard InChI is InChI=1S/C17H21NO4S/c1-12-9-10-14(13(2)11-12)18(3)23(19,20)16-8-6-7-15(21-4)17(16)22-5/h6-11H,1-5H3. The molecule has 0 bridgehead atoms. The minimum absolute atomic E-state index is 0.0711. The number of hydrogen-bond acceptors (Lipinski definition) is 4. The van der Waals surface area contributed by atoms with Gasteiger partial charge in [0.25, 0.3) is 10.0 Å². The number of benzene rings is 2. The van der Waals surface area contributed by atoms with Crippen LogP contribution in [-0.2, 0) is 10.0 Å². The molecule has 0 aliphatic heterocycles. The number of sulfonamides is 1. The number of hydrogen-bond donors (Lipinski definition) is 0. The van der Waals surface area contributed by atoms with Crippen molar-refractivity contribution in [2.24, 2.45) is 0 Å². The first kappa shape index (κ1) is 17.1. The Hall–Kier alpha value is -2.21. The average molecular weight is 335 g/mol. The summed E-state index contributed by atoms with van der Waals surface area (Å²) in [6, 6.07) is 10.4. The monoisotopic (exact) mass is 335 g/mol. The normalized spacial score (nSPS) is 11.2. The van der Waals surface area contributed by atoms with Crippen LogP contribution in [-0.4, -0.2) is 29.7 Å². The smallest absolute Gasteiger partial charge is 0.267 e. The van der Waals surface area contributed by atoms with E-state index in [0.29, 0.717) is 11.4 Å². The first-order chi connectivity index (χ1) is 10.8. The summed E-state index contributed by atoms with van der Waals surface area (Å²) in [6.07, 6.45) is 0. The van der Waals surface area contributed by atoms with Crippen molar-refractivity contribution in [3.05, 3.63) is 47.5 Å². The fourth-order valence-corrected chi connectivity index (χ4v) is 3.92. The van der Waals surface area contributed by atoms with E-state index in [4.69, 9.17) is 9.47 Å². The predicted octanol–water partition coefficient (Wildman–Crippen LogP) is 3.15. The second-order valence-electron chi connectivity index (χ2n) is 5.25. The summed E-state index contributed by atoms with van der Waals surface area (Å²) >= 11 is 0. The molecule has 0 N–H and O–H groups in total. The molecule has 0 aliphatic carbocycles. The Bertz CT molecular complexity index is 815. The molecule has 2 aromatic rings. The summed E-state index contributed by atoms with van der Waals surface area (Å²) in [6.45, 7) is 3.85. The number of aryl methyl sites for hydroxylation is 2. The van der Waals surface area contributed by atoms with Crippen molar-refractivity contribution in [2.45, 2.75) is 18.7 Å². The molecule has 0 amide bonds. The van der Waals surface area contributed by atoms with E-state index < -0.39 is 10.0 Å². The highest BCUT2D eigenvalue weighted by Gasteiger charge is 2.27. The lowest BCUT2D eigenvalue weighted by Crippen LogP contribution is -2.27. The van der Waals surface area contributed by atoms with E-state index in [9.17, 15) is 8.42 Å². The number of methoxy groups -OCH3 is 2. The van der Waals surface area contributed by atoms with Crippen LogP contribution in [0.25, 0.3) is 0 Å². The van der Waals surface area contributed by atoms with Crippen molar-refractivity contribution < 1.29 is 17.9 Å². The first-order valence-corrected chi connectivity index (χ1v) is 8.54. The second kappa shape index (κ2) is 6.50. The molecular formula is C17H21NO4S. The molecule has 0 fully saturated rings. The van der Waals surface area contributed by atoms with E-state index in [1.165, 1.54) is 31.6 Å². The quantitative estimate of drug-likeness (QED) is 0.842. The van der Waals surface area contributed by atoms with E-state index in [-0.39, 0.29) is 10.6 Å². The zero-order valence-electron chi connectivity index (χ0n) is 14.0. The van der Waals surface area contributed by atoms with Crippen molar-refractivity contribution >= 4 is 15.7 Å². The molecule has 124 valence electrons. The number of anilines is 1.